The number of quaternary nitrogens is 1. The average molecular weight is 132 g/mol. The van der Waals surface area contributed by atoms with E-state index in [4.69, 9.17) is 33.9 Å². The number of guanidine groups is 1. The predicted molar refractivity (Wildman–Crippen MR) is 31.3 cm³/mol. The topological polar surface area (TPSA) is 165 Å². The Hall–Kier alpha value is -1.34. The zero-order valence-electron chi connectivity index (χ0n) is 4.57. The lowest BCUT2D eigenvalue weighted by Gasteiger charge is -1.96. The van der Waals surface area contributed by atoms with E-state index in [1.165, 1.54) is 4.91 Å². The monoisotopic (exact) mass is 132 g/mol. The van der Waals surface area contributed by atoms with Gasteiger partial charge in [-0.1, -0.05) is 0 Å². The Morgan fingerprint density at radius 1 is 1.44 bits per heavy atom. The normalized spacial score (nSPS) is 7.00. The first-order valence-corrected chi connectivity index (χ1v) is 1.77. The van der Waals surface area contributed by atoms with Gasteiger partial charge in [-0.15, -0.1) is 5.12 Å². The van der Waals surface area contributed by atoms with Crippen LogP contribution in [0.15, 0.2) is 0 Å². The molecular formula is CH8N8. The van der Waals surface area contributed by atoms with E-state index in [2.05, 4.69) is 0 Å². The first-order chi connectivity index (χ1) is 4.06. The zero-order valence-corrected chi connectivity index (χ0v) is 4.57. The maximum absolute atomic E-state index is 6.75. The summed E-state index contributed by atoms with van der Waals surface area (Å²) in [7, 11) is 0. The lowest BCUT2D eigenvalue weighted by molar-refractivity contribution is -0.833. The summed E-state index contributed by atoms with van der Waals surface area (Å²) in [4.78, 5) is 1.50. The molecular weight excluding hydrogens is 124 g/mol. The second-order valence-corrected chi connectivity index (χ2v) is 0.958. The fraction of sp³-hybridized carbons (Fsp3) is 0. The van der Waals surface area contributed by atoms with Crippen LogP contribution in [0, 0.1) is 5.41 Å². The van der Waals surface area contributed by atoms with Crippen molar-refractivity contribution in [3.05, 3.63) is 16.0 Å². The van der Waals surface area contributed by atoms with E-state index in [0.29, 0.717) is 0 Å². The molecule has 8 heteroatoms. The highest BCUT2D eigenvalue weighted by molar-refractivity contribution is 5.63. The molecule has 0 atom stereocenters. The van der Waals surface area contributed by atoms with Crippen molar-refractivity contribution < 1.29 is 5.12 Å². The van der Waals surface area contributed by atoms with Crippen molar-refractivity contribution in [2.75, 3.05) is 0 Å². The predicted octanol–water partition coefficient (Wildman–Crippen LogP) is -2.62. The minimum Gasteiger partial charge on any atom is -0.373 e. The molecule has 0 heterocycles. The lowest BCUT2D eigenvalue weighted by atomic mass is 11.1. The molecule has 0 saturated heterocycles. The third-order valence-electron chi connectivity index (χ3n) is 0.311. The summed E-state index contributed by atoms with van der Waals surface area (Å²) in [5, 5.41) is 6.31. The highest BCUT2D eigenvalue weighted by atomic mass is 15.6. The van der Waals surface area contributed by atoms with E-state index in [0.717, 1.165) is 0 Å². The highest BCUT2D eigenvalue weighted by Gasteiger charge is 1.93. The number of hydrogen-bond donors (Lipinski definition) is 5. The molecule has 0 aromatic carbocycles. The van der Waals surface area contributed by atoms with Crippen molar-refractivity contribution in [2.45, 2.75) is 0 Å². The standard InChI is InChI=1S/CH7N5.N3/c2-1(3)6(4)5;1-3-2/h4-5H2,(H3,2,3);/q;-1/p+1. The van der Waals surface area contributed by atoms with Crippen LogP contribution in [0.3, 0.4) is 0 Å². The van der Waals surface area contributed by atoms with Crippen LogP contribution in [0.2, 0.25) is 0 Å². The van der Waals surface area contributed by atoms with Gasteiger partial charge in [0.05, 0.1) is 0 Å². The van der Waals surface area contributed by atoms with E-state index in [1.54, 1.807) is 0 Å². The van der Waals surface area contributed by atoms with E-state index in [1.807, 2.05) is 0 Å². The number of nitrogens with zero attached hydrogens (tertiary/aromatic N) is 3. The van der Waals surface area contributed by atoms with E-state index >= 15 is 0 Å². The van der Waals surface area contributed by atoms with Crippen LogP contribution in [-0.2, 0) is 0 Å². The minimum absolute atomic E-state index is 0.130. The van der Waals surface area contributed by atoms with Gasteiger partial charge in [-0.3, -0.25) is 4.91 Å². The van der Waals surface area contributed by atoms with Crippen LogP contribution in [0.4, 0.5) is 0 Å². The maximum Gasteiger partial charge on any atom is 0.330 e. The Bertz CT molecular complexity index is 106. The van der Waals surface area contributed by atoms with Crippen molar-refractivity contribution >= 4 is 5.96 Å². The third-order valence-corrected chi connectivity index (χ3v) is 0.311. The molecule has 0 saturated carbocycles. The van der Waals surface area contributed by atoms with Crippen molar-refractivity contribution in [1.82, 2.24) is 0 Å². The Balaban J connectivity index is 0. The molecule has 0 aromatic heterocycles. The Morgan fingerprint density at radius 2 is 1.56 bits per heavy atom. The smallest absolute Gasteiger partial charge is 0.330 e. The van der Waals surface area contributed by atoms with Gasteiger partial charge in [0.2, 0.25) is 0 Å². The van der Waals surface area contributed by atoms with Crippen LogP contribution >= 0.6 is 0 Å². The molecule has 8 nitrogen and oxygen atoms in total. The Morgan fingerprint density at radius 3 is 1.56 bits per heavy atom. The molecule has 0 aliphatic carbocycles. The molecule has 0 amide bonds. The first-order valence-electron chi connectivity index (χ1n) is 1.77. The van der Waals surface area contributed by atoms with Crippen LogP contribution in [-0.4, -0.2) is 5.96 Å². The number of nitrogens with two attached hydrogens (primary N) is 3. The summed E-state index contributed by atoms with van der Waals surface area (Å²) < 4.78 is 0. The molecule has 0 radical (unpaired) electrons. The molecule has 0 unspecified atom stereocenters. The van der Waals surface area contributed by atoms with Gasteiger partial charge in [0.25, 0.3) is 0 Å². The van der Waals surface area contributed by atoms with Crippen LogP contribution < -0.4 is 22.5 Å². The SMILES string of the molecule is N=C(N)[NH+](N)N.[N-]=[N+]=[N-]. The lowest BCUT2D eigenvalue weighted by Crippen LogP contribution is -3.26. The number of hydrogen-bond acceptors (Lipinski definition) is 3. The first kappa shape index (κ1) is 10.6. The van der Waals surface area contributed by atoms with E-state index in [9.17, 15) is 0 Å². The highest BCUT2D eigenvalue weighted by Crippen LogP contribution is 1.29. The maximum atomic E-state index is 6.75. The van der Waals surface area contributed by atoms with Gasteiger partial charge in [0.1, 0.15) is 0 Å². The van der Waals surface area contributed by atoms with E-state index in [-0.39, 0.29) is 11.1 Å². The summed E-state index contributed by atoms with van der Waals surface area (Å²) in [5.74, 6) is 9.29. The molecule has 9 heavy (non-hydrogen) atoms. The Labute approximate surface area is 51.1 Å². The van der Waals surface area contributed by atoms with Gasteiger partial charge in [-0.05, 0) is 0 Å². The Kier molecular flexibility index (Phi) is 7.85. The molecule has 8 N–H and O–H groups in total. The van der Waals surface area contributed by atoms with Gasteiger partial charge >= 0.3 is 5.96 Å². The van der Waals surface area contributed by atoms with Gasteiger partial charge in [-0.2, -0.15) is 11.7 Å². The summed E-state index contributed by atoms with van der Waals surface area (Å²) >= 11 is 0. The van der Waals surface area contributed by atoms with Crippen LogP contribution in [0.5, 0.6) is 0 Å². The summed E-state index contributed by atoms with van der Waals surface area (Å²) in [6, 6.07) is 0. The average Bonchev–Trinajstić information content (AvgIpc) is 1.68. The minimum atomic E-state index is -0.269. The molecule has 0 bridgehead atoms. The fourth-order valence-corrected chi connectivity index (χ4v) is 0. The van der Waals surface area contributed by atoms with Crippen LogP contribution in [0.1, 0.15) is 0 Å². The summed E-state index contributed by atoms with van der Waals surface area (Å²) in [6.07, 6.45) is 0. The molecule has 0 aliphatic rings. The van der Waals surface area contributed by atoms with Crippen molar-refractivity contribution in [1.29, 1.82) is 5.41 Å². The molecule has 0 spiro atoms. The summed E-state index contributed by atoms with van der Waals surface area (Å²) in [5.41, 5.74) is 18.2. The number of nitrogens with one attached hydrogen (secondary N) is 2. The second-order valence-electron chi connectivity index (χ2n) is 0.958. The van der Waals surface area contributed by atoms with Crippen molar-refractivity contribution in [2.24, 2.45) is 17.4 Å². The van der Waals surface area contributed by atoms with Gasteiger partial charge in [0, 0.05) is 0 Å². The van der Waals surface area contributed by atoms with Gasteiger partial charge < -0.3 is 16.8 Å². The zero-order chi connectivity index (χ0) is 7.86. The molecule has 0 fully saturated rings. The molecule has 0 aromatic rings. The van der Waals surface area contributed by atoms with E-state index < -0.39 is 0 Å². The molecule has 0 rings (SSSR count). The van der Waals surface area contributed by atoms with Crippen molar-refractivity contribution in [3.8, 4) is 0 Å². The summed E-state index contributed by atoms with van der Waals surface area (Å²) in [6.45, 7) is 0. The molecule has 52 valence electrons. The third kappa shape index (κ3) is 20.4. The van der Waals surface area contributed by atoms with Crippen LogP contribution in [0.25, 0.3) is 16.0 Å². The second kappa shape index (κ2) is 6.66. The fourth-order valence-electron chi connectivity index (χ4n) is 0. The largest absolute Gasteiger partial charge is 0.373 e. The molecule has 0 aliphatic heterocycles. The van der Waals surface area contributed by atoms with Crippen molar-refractivity contribution in [3.63, 3.8) is 0 Å². The van der Waals surface area contributed by atoms with Gasteiger partial charge in [0.15, 0.2) is 0 Å². The number of rotatable bonds is 0. The quantitative estimate of drug-likeness (QED) is 0.0463. The van der Waals surface area contributed by atoms with Gasteiger partial charge in [-0.25, -0.2) is 5.41 Å².